The van der Waals surface area contributed by atoms with Gasteiger partial charge in [-0.2, -0.15) is 0 Å². The van der Waals surface area contributed by atoms with Gasteiger partial charge in [0.15, 0.2) is 4.08 Å². The van der Waals surface area contributed by atoms with Crippen LogP contribution in [-0.2, 0) is 8.87 Å². The number of aromatic hydroxyl groups is 1. The van der Waals surface area contributed by atoms with Gasteiger partial charge in [0.2, 0.25) is 0 Å². The van der Waals surface area contributed by atoms with E-state index in [2.05, 4.69) is 0 Å². The summed E-state index contributed by atoms with van der Waals surface area (Å²) in [6.07, 6.45) is 1.88. The quantitative estimate of drug-likeness (QED) is 0.918. The van der Waals surface area contributed by atoms with E-state index in [9.17, 15) is 9.90 Å². The molecule has 0 fully saturated rings. The molecule has 2 aromatic carbocycles. The molecular formula is C17H17NO3S2. The number of nitrogens with zero attached hydrogens (tertiary/aromatic N) is 1. The molecule has 0 saturated carbocycles. The number of ether oxygens (including phenoxy) is 1. The molecule has 0 aromatic heterocycles. The second-order valence-corrected chi connectivity index (χ2v) is 7.67. The summed E-state index contributed by atoms with van der Waals surface area (Å²) in [6, 6.07) is 12.8. The molecule has 1 amide bonds. The first kappa shape index (κ1) is 16.1. The summed E-state index contributed by atoms with van der Waals surface area (Å²) in [4.78, 5) is 15.8. The average Bonchev–Trinajstić information content (AvgIpc) is 2.59. The Labute approximate surface area is 143 Å². The monoisotopic (exact) mass is 347 g/mol. The third-order valence-corrected chi connectivity index (χ3v) is 6.88. The van der Waals surface area contributed by atoms with Crippen LogP contribution in [0.3, 0.4) is 0 Å². The molecule has 3 rings (SSSR count). The summed E-state index contributed by atoms with van der Waals surface area (Å²) in [5, 5.41) is 10.4. The fraction of sp³-hybridized carbons (Fsp3) is 0.235. The van der Waals surface area contributed by atoms with Gasteiger partial charge in [-0.3, -0.25) is 4.79 Å². The normalized spacial score (nSPS) is 20.3. The Morgan fingerprint density at radius 2 is 2.00 bits per heavy atom. The van der Waals surface area contributed by atoms with Crippen LogP contribution in [0.25, 0.3) is 0 Å². The summed E-state index contributed by atoms with van der Waals surface area (Å²) >= 11 is 2.87. The molecule has 2 aromatic rings. The highest BCUT2D eigenvalue weighted by Crippen LogP contribution is 2.57. The number of thioether (sulfide) groups is 2. The number of methoxy groups -OCH3 is 1. The lowest BCUT2D eigenvalue weighted by Gasteiger charge is -2.39. The zero-order valence-corrected chi connectivity index (χ0v) is 14.7. The summed E-state index contributed by atoms with van der Waals surface area (Å²) in [6.45, 7) is 0. The van der Waals surface area contributed by atoms with Gasteiger partial charge >= 0.3 is 0 Å². The molecule has 1 aliphatic rings. The molecule has 1 aliphatic heterocycles. The van der Waals surface area contributed by atoms with E-state index in [0.717, 1.165) is 10.6 Å². The number of hydrogen-bond acceptors (Lipinski definition) is 5. The molecule has 4 nitrogen and oxygen atoms in total. The SMILES string of the molecule is COc1ccc(O)c(C2(SC)Sc3ccccc3N(C)C2=O)c1. The largest absolute Gasteiger partial charge is 0.508 e. The maximum absolute atomic E-state index is 13.1. The Morgan fingerprint density at radius 3 is 2.70 bits per heavy atom. The van der Waals surface area contributed by atoms with Crippen molar-refractivity contribution in [1.29, 1.82) is 0 Å². The molecule has 1 heterocycles. The number of carbonyl (C=O) groups is 1. The van der Waals surface area contributed by atoms with Gasteiger partial charge in [0.05, 0.1) is 12.8 Å². The Bertz CT molecular complexity index is 765. The molecule has 1 atom stereocenters. The number of anilines is 1. The second kappa shape index (κ2) is 6.02. The highest BCUT2D eigenvalue weighted by molar-refractivity contribution is 8.18. The van der Waals surface area contributed by atoms with Crippen molar-refractivity contribution in [1.82, 2.24) is 0 Å². The van der Waals surface area contributed by atoms with Crippen LogP contribution in [-0.4, -0.2) is 31.4 Å². The molecule has 0 radical (unpaired) electrons. The summed E-state index contributed by atoms with van der Waals surface area (Å²) in [7, 11) is 3.34. The maximum atomic E-state index is 13.1. The van der Waals surface area contributed by atoms with Gasteiger partial charge in [-0.15, -0.1) is 11.8 Å². The number of rotatable bonds is 3. The first-order valence-corrected chi connectivity index (χ1v) is 9.06. The lowest BCUT2D eigenvalue weighted by Crippen LogP contribution is -2.44. The minimum Gasteiger partial charge on any atom is -0.508 e. The molecule has 120 valence electrons. The molecular weight excluding hydrogens is 330 g/mol. The van der Waals surface area contributed by atoms with Gasteiger partial charge < -0.3 is 14.7 Å². The first-order valence-electron chi connectivity index (χ1n) is 7.02. The predicted molar refractivity (Wildman–Crippen MR) is 95.6 cm³/mol. The third-order valence-electron chi connectivity index (χ3n) is 3.91. The fourth-order valence-corrected chi connectivity index (χ4v) is 5.23. The van der Waals surface area contributed by atoms with Crippen LogP contribution < -0.4 is 9.64 Å². The van der Waals surface area contributed by atoms with Gasteiger partial charge in [-0.05, 0) is 36.6 Å². The Balaban J connectivity index is 2.21. The number of fused-ring (bicyclic) bond motifs is 1. The van der Waals surface area contributed by atoms with E-state index in [0.29, 0.717) is 11.3 Å². The zero-order chi connectivity index (χ0) is 16.6. The maximum Gasteiger partial charge on any atom is 0.258 e. The average molecular weight is 347 g/mol. The number of carbonyl (C=O) groups excluding carboxylic acids is 1. The fourth-order valence-electron chi connectivity index (χ4n) is 2.66. The molecule has 0 aliphatic carbocycles. The predicted octanol–water partition coefficient (Wildman–Crippen LogP) is 3.69. The lowest BCUT2D eigenvalue weighted by molar-refractivity contribution is -0.118. The van der Waals surface area contributed by atoms with Crippen molar-refractivity contribution in [3.63, 3.8) is 0 Å². The third kappa shape index (κ3) is 2.46. The summed E-state index contributed by atoms with van der Waals surface area (Å²) < 4.78 is 4.32. The van der Waals surface area contributed by atoms with Crippen LogP contribution in [0.5, 0.6) is 11.5 Å². The van der Waals surface area contributed by atoms with E-state index in [4.69, 9.17) is 4.74 Å². The van der Waals surface area contributed by atoms with Crippen LogP contribution in [0.1, 0.15) is 5.56 Å². The molecule has 1 unspecified atom stereocenters. The molecule has 0 spiro atoms. The van der Waals surface area contributed by atoms with E-state index in [-0.39, 0.29) is 11.7 Å². The number of amides is 1. The molecule has 0 saturated heterocycles. The van der Waals surface area contributed by atoms with Crippen LogP contribution in [0.4, 0.5) is 5.69 Å². The van der Waals surface area contributed by atoms with E-state index in [1.165, 1.54) is 23.5 Å². The van der Waals surface area contributed by atoms with Crippen LogP contribution in [0, 0.1) is 0 Å². The second-order valence-electron chi connectivity index (χ2n) is 5.14. The Kier molecular flexibility index (Phi) is 4.21. The standard InChI is InChI=1S/C17H17NO3S2/c1-18-13-6-4-5-7-15(13)23-17(22-3,16(18)20)12-10-11(21-2)8-9-14(12)19/h4-10,19H,1-3H3. The Morgan fingerprint density at radius 1 is 1.26 bits per heavy atom. The number of phenolic OH excluding ortho intramolecular Hbond substituents is 1. The van der Waals surface area contributed by atoms with Crippen molar-refractivity contribution in [2.24, 2.45) is 0 Å². The van der Waals surface area contributed by atoms with Gasteiger partial charge in [0, 0.05) is 17.5 Å². The van der Waals surface area contributed by atoms with E-state index < -0.39 is 4.08 Å². The molecule has 1 N–H and O–H groups in total. The minimum atomic E-state index is -0.943. The van der Waals surface area contributed by atoms with E-state index in [1.54, 1.807) is 37.3 Å². The first-order chi connectivity index (χ1) is 11.0. The van der Waals surface area contributed by atoms with Gasteiger partial charge in [-0.1, -0.05) is 23.9 Å². The molecule has 23 heavy (non-hydrogen) atoms. The van der Waals surface area contributed by atoms with Crippen molar-refractivity contribution in [2.45, 2.75) is 8.97 Å². The van der Waals surface area contributed by atoms with Crippen molar-refractivity contribution >= 4 is 35.1 Å². The van der Waals surface area contributed by atoms with E-state index in [1.807, 2.05) is 30.5 Å². The highest BCUT2D eigenvalue weighted by atomic mass is 32.2. The highest BCUT2D eigenvalue weighted by Gasteiger charge is 2.48. The molecule has 6 heteroatoms. The van der Waals surface area contributed by atoms with Gasteiger partial charge in [0.1, 0.15) is 11.5 Å². The smallest absolute Gasteiger partial charge is 0.258 e. The summed E-state index contributed by atoms with van der Waals surface area (Å²) in [5.41, 5.74) is 1.44. The van der Waals surface area contributed by atoms with Gasteiger partial charge in [0.25, 0.3) is 5.91 Å². The zero-order valence-electron chi connectivity index (χ0n) is 13.1. The number of likely N-dealkylation sites (N-methyl/N-ethyl adjacent to an activating group) is 1. The van der Waals surface area contributed by atoms with Crippen molar-refractivity contribution < 1.29 is 14.6 Å². The van der Waals surface area contributed by atoms with Crippen molar-refractivity contribution in [3.05, 3.63) is 48.0 Å². The topological polar surface area (TPSA) is 49.8 Å². The van der Waals surface area contributed by atoms with Gasteiger partial charge in [-0.25, -0.2) is 0 Å². The number of benzene rings is 2. The van der Waals surface area contributed by atoms with E-state index >= 15 is 0 Å². The summed E-state index contributed by atoms with van der Waals surface area (Å²) in [5.74, 6) is 0.632. The minimum absolute atomic E-state index is 0.0720. The van der Waals surface area contributed by atoms with Crippen LogP contribution >= 0.6 is 23.5 Å². The number of para-hydroxylation sites is 1. The number of hydrogen-bond donors (Lipinski definition) is 1. The van der Waals surface area contributed by atoms with Crippen molar-refractivity contribution in [3.8, 4) is 11.5 Å². The lowest BCUT2D eigenvalue weighted by atomic mass is 10.1. The van der Waals surface area contributed by atoms with Crippen molar-refractivity contribution in [2.75, 3.05) is 25.3 Å². The Hall–Kier alpha value is -1.79. The van der Waals surface area contributed by atoms with Crippen LogP contribution in [0.15, 0.2) is 47.4 Å². The molecule has 0 bridgehead atoms. The van der Waals surface area contributed by atoms with Crippen LogP contribution in [0.2, 0.25) is 0 Å². The number of phenols is 1.